The molecule has 0 aliphatic carbocycles. The number of hydrogen-bond acceptors (Lipinski definition) is 5. The van der Waals surface area contributed by atoms with Crippen molar-refractivity contribution < 1.29 is 9.47 Å². The van der Waals surface area contributed by atoms with Crippen LogP contribution in [-0.4, -0.2) is 18.2 Å². The average molecular weight is 290 g/mol. The predicted octanol–water partition coefficient (Wildman–Crippen LogP) is 2.90. The van der Waals surface area contributed by atoms with Crippen molar-refractivity contribution in [1.82, 2.24) is 10.3 Å². The monoisotopic (exact) mass is 290 g/mol. The highest BCUT2D eigenvalue weighted by atomic mass is 32.1. The van der Waals surface area contributed by atoms with E-state index in [0.717, 1.165) is 49.9 Å². The van der Waals surface area contributed by atoms with E-state index in [1.807, 2.05) is 18.5 Å². The second-order valence-electron chi connectivity index (χ2n) is 4.80. The van der Waals surface area contributed by atoms with Gasteiger partial charge in [0.25, 0.3) is 0 Å². The number of ether oxygens (including phenoxy) is 2. The molecule has 1 aliphatic rings. The maximum Gasteiger partial charge on any atom is 0.161 e. The van der Waals surface area contributed by atoms with Gasteiger partial charge in [0.05, 0.1) is 24.4 Å². The third-order valence-corrected chi connectivity index (χ3v) is 4.21. The smallest absolute Gasteiger partial charge is 0.161 e. The molecular weight excluding hydrogens is 272 g/mol. The van der Waals surface area contributed by atoms with Crippen LogP contribution >= 0.6 is 11.3 Å². The van der Waals surface area contributed by atoms with Crippen molar-refractivity contribution in [2.24, 2.45) is 0 Å². The molecule has 1 aromatic heterocycles. The molecule has 2 aromatic rings. The van der Waals surface area contributed by atoms with E-state index in [2.05, 4.69) is 22.4 Å². The molecule has 0 atom stereocenters. The minimum absolute atomic E-state index is 0.726. The Hall–Kier alpha value is -1.59. The summed E-state index contributed by atoms with van der Waals surface area (Å²) in [5, 5.41) is 3.44. The number of fused-ring (bicyclic) bond motifs is 1. The zero-order valence-electron chi connectivity index (χ0n) is 11.5. The normalized spacial score (nSPS) is 14.1. The van der Waals surface area contributed by atoms with Crippen molar-refractivity contribution in [2.75, 3.05) is 13.2 Å². The van der Waals surface area contributed by atoms with Gasteiger partial charge in [0.2, 0.25) is 0 Å². The van der Waals surface area contributed by atoms with Gasteiger partial charge in [0, 0.05) is 24.4 Å². The number of thiazole rings is 1. The standard InChI is InChI=1S/C15H18N2O2S/c1-11-15(20-10-17-11)9-16-8-12-3-4-13-14(7-12)19-6-2-5-18-13/h3-4,7,10,16H,2,5-6,8-9H2,1H3. The average Bonchev–Trinajstić information content (AvgIpc) is 2.73. The van der Waals surface area contributed by atoms with Crippen molar-refractivity contribution in [1.29, 1.82) is 0 Å². The maximum atomic E-state index is 5.70. The molecule has 20 heavy (non-hydrogen) atoms. The summed E-state index contributed by atoms with van der Waals surface area (Å²) in [7, 11) is 0. The van der Waals surface area contributed by atoms with Crippen LogP contribution in [0.4, 0.5) is 0 Å². The molecular formula is C15H18N2O2S. The van der Waals surface area contributed by atoms with E-state index < -0.39 is 0 Å². The first-order chi connectivity index (χ1) is 9.83. The van der Waals surface area contributed by atoms with Crippen molar-refractivity contribution in [3.63, 3.8) is 0 Å². The van der Waals surface area contributed by atoms with Crippen LogP contribution < -0.4 is 14.8 Å². The number of rotatable bonds is 4. The first-order valence-electron chi connectivity index (χ1n) is 6.81. The fourth-order valence-electron chi connectivity index (χ4n) is 2.13. The fourth-order valence-corrected chi connectivity index (χ4v) is 2.88. The Morgan fingerprint density at radius 1 is 1.20 bits per heavy atom. The maximum absolute atomic E-state index is 5.70. The van der Waals surface area contributed by atoms with Gasteiger partial charge in [-0.15, -0.1) is 11.3 Å². The van der Waals surface area contributed by atoms with Crippen LogP contribution in [0, 0.1) is 6.92 Å². The lowest BCUT2D eigenvalue weighted by Crippen LogP contribution is -2.12. The number of aryl methyl sites for hydroxylation is 1. The highest BCUT2D eigenvalue weighted by molar-refractivity contribution is 7.09. The molecule has 0 amide bonds. The summed E-state index contributed by atoms with van der Waals surface area (Å²) in [4.78, 5) is 5.54. The van der Waals surface area contributed by atoms with Gasteiger partial charge in [0.1, 0.15) is 0 Å². The molecule has 0 bridgehead atoms. The second kappa shape index (κ2) is 6.24. The highest BCUT2D eigenvalue weighted by Crippen LogP contribution is 2.30. The second-order valence-corrected chi connectivity index (χ2v) is 5.74. The molecule has 106 valence electrons. The minimum Gasteiger partial charge on any atom is -0.490 e. The van der Waals surface area contributed by atoms with Crippen LogP contribution in [0.5, 0.6) is 11.5 Å². The van der Waals surface area contributed by atoms with E-state index >= 15 is 0 Å². The van der Waals surface area contributed by atoms with Gasteiger partial charge in [-0.3, -0.25) is 0 Å². The number of aromatic nitrogens is 1. The summed E-state index contributed by atoms with van der Waals surface area (Å²) in [6, 6.07) is 6.14. The molecule has 0 unspecified atom stereocenters. The Bertz CT molecular complexity index is 583. The number of nitrogens with zero attached hydrogens (tertiary/aromatic N) is 1. The summed E-state index contributed by atoms with van der Waals surface area (Å²) in [5.41, 5.74) is 4.21. The van der Waals surface area contributed by atoms with Gasteiger partial charge in [-0.25, -0.2) is 4.98 Å². The summed E-state index contributed by atoms with van der Waals surface area (Å²) < 4.78 is 11.3. The van der Waals surface area contributed by atoms with Crippen molar-refractivity contribution in [3.8, 4) is 11.5 Å². The first kappa shape index (κ1) is 13.4. The summed E-state index contributed by atoms with van der Waals surface area (Å²) >= 11 is 1.69. The van der Waals surface area contributed by atoms with E-state index in [1.165, 1.54) is 10.4 Å². The largest absolute Gasteiger partial charge is 0.490 e. The summed E-state index contributed by atoms with van der Waals surface area (Å²) in [5.74, 6) is 1.71. The first-order valence-corrected chi connectivity index (χ1v) is 7.69. The zero-order valence-corrected chi connectivity index (χ0v) is 12.3. The van der Waals surface area contributed by atoms with Gasteiger partial charge in [0.15, 0.2) is 11.5 Å². The lowest BCUT2D eigenvalue weighted by atomic mass is 10.2. The molecule has 0 saturated heterocycles. The van der Waals surface area contributed by atoms with Crippen LogP contribution in [0.2, 0.25) is 0 Å². The summed E-state index contributed by atoms with van der Waals surface area (Å²) in [6.07, 6.45) is 0.937. The van der Waals surface area contributed by atoms with E-state index in [4.69, 9.17) is 9.47 Å². The van der Waals surface area contributed by atoms with Gasteiger partial charge in [-0.05, 0) is 24.6 Å². The third kappa shape index (κ3) is 3.11. The lowest BCUT2D eigenvalue weighted by Gasteiger charge is -2.10. The van der Waals surface area contributed by atoms with E-state index in [0.29, 0.717) is 0 Å². The van der Waals surface area contributed by atoms with Gasteiger partial charge >= 0.3 is 0 Å². The van der Waals surface area contributed by atoms with Crippen molar-refractivity contribution >= 4 is 11.3 Å². The SMILES string of the molecule is Cc1ncsc1CNCc1ccc2c(c1)OCCCO2. The van der Waals surface area contributed by atoms with Crippen LogP contribution in [0.3, 0.4) is 0 Å². The fraction of sp³-hybridized carbons (Fsp3) is 0.400. The number of nitrogens with one attached hydrogen (secondary N) is 1. The number of hydrogen-bond donors (Lipinski definition) is 1. The van der Waals surface area contributed by atoms with E-state index in [-0.39, 0.29) is 0 Å². The molecule has 3 rings (SSSR count). The molecule has 1 N–H and O–H groups in total. The Labute approximate surface area is 122 Å². The van der Waals surface area contributed by atoms with Crippen molar-refractivity contribution in [3.05, 3.63) is 39.8 Å². The molecule has 1 aromatic carbocycles. The van der Waals surface area contributed by atoms with Crippen LogP contribution in [0.15, 0.2) is 23.7 Å². The third-order valence-electron chi connectivity index (χ3n) is 3.27. The molecule has 0 spiro atoms. The van der Waals surface area contributed by atoms with Crippen LogP contribution in [-0.2, 0) is 13.1 Å². The molecule has 0 fully saturated rings. The molecule has 4 nitrogen and oxygen atoms in total. The molecule has 1 aliphatic heterocycles. The Balaban J connectivity index is 1.60. The molecule has 5 heteroatoms. The van der Waals surface area contributed by atoms with Gasteiger partial charge in [-0.2, -0.15) is 0 Å². The zero-order chi connectivity index (χ0) is 13.8. The van der Waals surface area contributed by atoms with Gasteiger partial charge < -0.3 is 14.8 Å². The van der Waals surface area contributed by atoms with E-state index in [1.54, 1.807) is 11.3 Å². The predicted molar refractivity (Wildman–Crippen MR) is 79.4 cm³/mol. The quantitative estimate of drug-likeness (QED) is 0.940. The molecule has 0 saturated carbocycles. The topological polar surface area (TPSA) is 43.4 Å². The van der Waals surface area contributed by atoms with E-state index in [9.17, 15) is 0 Å². The van der Waals surface area contributed by atoms with Gasteiger partial charge in [-0.1, -0.05) is 6.07 Å². The lowest BCUT2D eigenvalue weighted by molar-refractivity contribution is 0.297. The Kier molecular flexibility index (Phi) is 4.18. The Morgan fingerprint density at radius 3 is 2.85 bits per heavy atom. The Morgan fingerprint density at radius 2 is 2.05 bits per heavy atom. The molecule has 0 radical (unpaired) electrons. The molecule has 2 heterocycles. The summed E-state index contributed by atoms with van der Waals surface area (Å²) in [6.45, 7) is 5.17. The minimum atomic E-state index is 0.726. The van der Waals surface area contributed by atoms with Crippen LogP contribution in [0.1, 0.15) is 22.6 Å². The van der Waals surface area contributed by atoms with Crippen LogP contribution in [0.25, 0.3) is 0 Å². The van der Waals surface area contributed by atoms with Crippen molar-refractivity contribution in [2.45, 2.75) is 26.4 Å². The highest BCUT2D eigenvalue weighted by Gasteiger charge is 2.10. The number of benzene rings is 1.